The van der Waals surface area contributed by atoms with E-state index in [1.807, 2.05) is 59.9 Å². The lowest BCUT2D eigenvalue weighted by molar-refractivity contribution is -0.688. The molecule has 136 valence electrons. The third kappa shape index (κ3) is 4.31. The second kappa shape index (κ2) is 8.35. The van der Waals surface area contributed by atoms with Gasteiger partial charge in [0.25, 0.3) is 5.91 Å². The molecule has 0 spiro atoms. The normalized spacial score (nSPS) is 16.4. The lowest BCUT2D eigenvalue weighted by atomic mass is 10.1. The average Bonchev–Trinajstić information content (AvgIpc) is 2.68. The molecular formula is C19H22N3O4+. The molecule has 4 N–H and O–H groups in total. The monoisotopic (exact) mass is 356 g/mol. The van der Waals surface area contributed by atoms with Gasteiger partial charge in [-0.2, -0.15) is 0 Å². The van der Waals surface area contributed by atoms with Gasteiger partial charge in [-0.25, -0.2) is 4.79 Å². The highest BCUT2D eigenvalue weighted by Gasteiger charge is 2.29. The molecule has 26 heavy (non-hydrogen) atoms. The van der Waals surface area contributed by atoms with Gasteiger partial charge < -0.3 is 20.1 Å². The zero-order chi connectivity index (χ0) is 18.4. The lowest BCUT2D eigenvalue weighted by Crippen LogP contribution is -2.90. The first-order valence-electron chi connectivity index (χ1n) is 8.46. The summed E-state index contributed by atoms with van der Waals surface area (Å²) in [6, 6.07) is 15.7. The Bertz CT molecular complexity index is 766. The van der Waals surface area contributed by atoms with Crippen LogP contribution in [0.3, 0.4) is 0 Å². The van der Waals surface area contributed by atoms with Gasteiger partial charge in [-0.1, -0.05) is 42.5 Å². The van der Waals surface area contributed by atoms with Crippen molar-refractivity contribution in [1.82, 2.24) is 10.6 Å². The Hall–Kier alpha value is -3.06. The van der Waals surface area contributed by atoms with Crippen LogP contribution < -0.4 is 25.4 Å². The first kappa shape index (κ1) is 17.8. The molecule has 0 unspecified atom stereocenters. The number of rotatable bonds is 5. The molecule has 0 radical (unpaired) electrons. The number of hydrogen-bond acceptors (Lipinski definition) is 4. The number of nitrogens with one attached hydrogen (secondary N) is 2. The minimum Gasteiger partial charge on any atom is -0.486 e. The van der Waals surface area contributed by atoms with Crippen molar-refractivity contribution in [1.29, 1.82) is 0 Å². The number of para-hydroxylation sites is 2. The highest BCUT2D eigenvalue weighted by Crippen LogP contribution is 2.30. The average molecular weight is 356 g/mol. The number of imide groups is 1. The molecule has 3 amide bonds. The van der Waals surface area contributed by atoms with E-state index < -0.39 is 12.1 Å². The van der Waals surface area contributed by atoms with Crippen LogP contribution in [0.1, 0.15) is 11.6 Å². The van der Waals surface area contributed by atoms with Gasteiger partial charge in [0.1, 0.15) is 13.2 Å². The number of fused-ring (bicyclic) bond motifs is 1. The largest absolute Gasteiger partial charge is 0.486 e. The highest BCUT2D eigenvalue weighted by atomic mass is 16.6. The van der Waals surface area contributed by atoms with Crippen molar-refractivity contribution in [2.75, 3.05) is 20.2 Å². The van der Waals surface area contributed by atoms with Gasteiger partial charge in [0.15, 0.2) is 23.6 Å². The zero-order valence-electron chi connectivity index (χ0n) is 14.5. The lowest BCUT2D eigenvalue weighted by Gasteiger charge is -2.26. The molecule has 7 nitrogen and oxygen atoms in total. The summed E-state index contributed by atoms with van der Waals surface area (Å²) >= 11 is 0. The first-order chi connectivity index (χ1) is 12.7. The molecule has 1 aliphatic rings. The fourth-order valence-electron chi connectivity index (χ4n) is 2.77. The van der Waals surface area contributed by atoms with Crippen LogP contribution in [-0.4, -0.2) is 38.2 Å². The van der Waals surface area contributed by atoms with E-state index in [9.17, 15) is 9.59 Å². The molecule has 2 atom stereocenters. The predicted molar refractivity (Wildman–Crippen MR) is 94.9 cm³/mol. The molecule has 3 rings (SSSR count). The van der Waals surface area contributed by atoms with E-state index in [1.165, 1.54) is 7.05 Å². The Morgan fingerprint density at radius 1 is 1.12 bits per heavy atom. The van der Waals surface area contributed by atoms with Crippen LogP contribution in [0, 0.1) is 0 Å². The van der Waals surface area contributed by atoms with Gasteiger partial charge in [0, 0.05) is 12.6 Å². The highest BCUT2D eigenvalue weighted by molar-refractivity contribution is 5.96. The predicted octanol–water partition coefficient (Wildman–Crippen LogP) is 0.587. The third-order valence-corrected chi connectivity index (χ3v) is 4.11. The summed E-state index contributed by atoms with van der Waals surface area (Å²) < 4.78 is 11.6. The van der Waals surface area contributed by atoms with Crippen LogP contribution in [0.25, 0.3) is 0 Å². The number of urea groups is 1. The van der Waals surface area contributed by atoms with Crippen LogP contribution in [-0.2, 0) is 4.79 Å². The van der Waals surface area contributed by atoms with E-state index >= 15 is 0 Å². The molecule has 0 bridgehead atoms. The topological polar surface area (TPSA) is 93.3 Å². The molecule has 0 aliphatic carbocycles. The Kier molecular flexibility index (Phi) is 5.70. The van der Waals surface area contributed by atoms with Crippen LogP contribution >= 0.6 is 0 Å². The Morgan fingerprint density at radius 2 is 1.81 bits per heavy atom. The molecule has 2 aromatic carbocycles. The van der Waals surface area contributed by atoms with Crippen LogP contribution in [0.5, 0.6) is 11.5 Å². The van der Waals surface area contributed by atoms with Gasteiger partial charge in [0.2, 0.25) is 0 Å². The van der Waals surface area contributed by atoms with E-state index in [2.05, 4.69) is 10.6 Å². The number of hydrogen-bond donors (Lipinski definition) is 3. The van der Waals surface area contributed by atoms with Gasteiger partial charge in [-0.3, -0.25) is 10.1 Å². The maximum absolute atomic E-state index is 12.5. The van der Waals surface area contributed by atoms with Gasteiger partial charge in [-0.05, 0) is 12.1 Å². The van der Waals surface area contributed by atoms with Gasteiger partial charge in [-0.15, -0.1) is 0 Å². The number of benzene rings is 2. The summed E-state index contributed by atoms with van der Waals surface area (Å²) in [5, 5.41) is 6.59. The molecule has 0 saturated heterocycles. The zero-order valence-corrected chi connectivity index (χ0v) is 14.5. The molecule has 1 heterocycles. The van der Waals surface area contributed by atoms with Crippen molar-refractivity contribution >= 4 is 11.9 Å². The maximum Gasteiger partial charge on any atom is 0.321 e. The maximum atomic E-state index is 12.5. The second-order valence-corrected chi connectivity index (χ2v) is 5.93. The fraction of sp³-hybridized carbons (Fsp3) is 0.263. The van der Waals surface area contributed by atoms with Crippen molar-refractivity contribution < 1.29 is 24.4 Å². The van der Waals surface area contributed by atoms with E-state index in [0.29, 0.717) is 18.9 Å². The summed E-state index contributed by atoms with van der Waals surface area (Å²) in [5.74, 6) is 1.04. The smallest absolute Gasteiger partial charge is 0.321 e. The van der Waals surface area contributed by atoms with E-state index in [4.69, 9.17) is 9.47 Å². The SMILES string of the molecule is CNC(=O)NC(=O)[C@@H]([NH2+]C[C@H]1COc2ccccc2O1)c1ccccc1. The Balaban J connectivity index is 1.66. The van der Waals surface area contributed by atoms with Crippen LogP contribution in [0.4, 0.5) is 4.79 Å². The first-order valence-corrected chi connectivity index (χ1v) is 8.46. The molecule has 0 aromatic heterocycles. The summed E-state index contributed by atoms with van der Waals surface area (Å²) in [4.78, 5) is 24.0. The standard InChI is InChI=1S/C19H21N3O4/c1-20-19(24)22-18(23)17(13-7-3-2-4-8-13)21-11-14-12-25-15-9-5-6-10-16(15)26-14/h2-10,14,17,21H,11-12H2,1H3,(H2,20,22,23,24)/p+1/t14-,17-/m0/s1. The minimum atomic E-state index is -0.561. The molecule has 0 saturated carbocycles. The van der Waals surface area contributed by atoms with E-state index in [1.54, 1.807) is 0 Å². The molecule has 0 fully saturated rings. The summed E-state index contributed by atoms with van der Waals surface area (Å²) in [6.45, 7) is 0.918. The van der Waals surface area contributed by atoms with Crippen molar-refractivity contribution in [2.45, 2.75) is 12.1 Å². The molecule has 1 aliphatic heterocycles. The molecule has 2 aromatic rings. The second-order valence-electron chi connectivity index (χ2n) is 5.93. The number of ether oxygens (including phenoxy) is 2. The Labute approximate surface area is 151 Å². The van der Waals surface area contributed by atoms with Crippen molar-refractivity contribution in [3.63, 3.8) is 0 Å². The summed E-state index contributed by atoms with van der Waals surface area (Å²) in [6.07, 6.45) is -0.191. The number of carbonyl (C=O) groups is 2. The minimum absolute atomic E-state index is 0.191. The molecule has 7 heteroatoms. The van der Waals surface area contributed by atoms with E-state index in [-0.39, 0.29) is 12.0 Å². The van der Waals surface area contributed by atoms with E-state index in [0.717, 1.165) is 11.3 Å². The van der Waals surface area contributed by atoms with Crippen molar-refractivity contribution in [2.24, 2.45) is 0 Å². The number of quaternary nitrogens is 1. The van der Waals surface area contributed by atoms with Crippen molar-refractivity contribution in [3.05, 3.63) is 60.2 Å². The number of carbonyl (C=O) groups excluding carboxylic acids is 2. The van der Waals surface area contributed by atoms with Gasteiger partial charge in [0.05, 0.1) is 0 Å². The quantitative estimate of drug-likeness (QED) is 0.731. The van der Waals surface area contributed by atoms with Crippen LogP contribution in [0.15, 0.2) is 54.6 Å². The fourth-order valence-corrected chi connectivity index (χ4v) is 2.77. The summed E-state index contributed by atoms with van der Waals surface area (Å²) in [5.41, 5.74) is 0.811. The van der Waals surface area contributed by atoms with Crippen LogP contribution in [0.2, 0.25) is 0 Å². The van der Waals surface area contributed by atoms with Gasteiger partial charge >= 0.3 is 6.03 Å². The van der Waals surface area contributed by atoms with Crippen molar-refractivity contribution in [3.8, 4) is 11.5 Å². The number of amides is 3. The Morgan fingerprint density at radius 3 is 2.54 bits per heavy atom. The summed E-state index contributed by atoms with van der Waals surface area (Å²) in [7, 11) is 1.47. The third-order valence-electron chi connectivity index (χ3n) is 4.11. The molecular weight excluding hydrogens is 334 g/mol. The number of nitrogens with two attached hydrogens (primary N) is 1.